The standard InChI is InChI=1S/C14H19BrN2O3/c1-14(2,9-18)8-17-12(19)7-16-13(20)10-3-5-11(15)6-4-10/h3-6,18H,7-9H2,1-2H3,(H,16,20)(H,17,19). The maximum absolute atomic E-state index is 11.8. The van der Waals surface area contributed by atoms with Crippen molar-refractivity contribution in [1.82, 2.24) is 10.6 Å². The van der Waals surface area contributed by atoms with Gasteiger partial charge in [0.25, 0.3) is 5.91 Å². The lowest BCUT2D eigenvalue weighted by atomic mass is 9.95. The summed E-state index contributed by atoms with van der Waals surface area (Å²) < 4.78 is 0.887. The van der Waals surface area contributed by atoms with Crippen LogP contribution in [-0.2, 0) is 4.79 Å². The molecule has 5 nitrogen and oxygen atoms in total. The minimum Gasteiger partial charge on any atom is -0.396 e. The van der Waals surface area contributed by atoms with Gasteiger partial charge in [-0.25, -0.2) is 0 Å². The van der Waals surface area contributed by atoms with Crippen LogP contribution in [0, 0.1) is 5.41 Å². The third-order valence-corrected chi connectivity index (χ3v) is 3.24. The fourth-order valence-electron chi connectivity index (χ4n) is 1.32. The summed E-state index contributed by atoms with van der Waals surface area (Å²) in [5.74, 6) is -0.578. The zero-order valence-electron chi connectivity index (χ0n) is 11.6. The number of aliphatic hydroxyl groups excluding tert-OH is 1. The summed E-state index contributed by atoms with van der Waals surface area (Å²) in [6.45, 7) is 3.94. The van der Waals surface area contributed by atoms with Crippen LogP contribution in [0.4, 0.5) is 0 Å². The first-order chi connectivity index (χ1) is 9.34. The van der Waals surface area contributed by atoms with Gasteiger partial charge < -0.3 is 15.7 Å². The lowest BCUT2D eigenvalue weighted by Gasteiger charge is -2.21. The third kappa shape index (κ3) is 5.71. The van der Waals surface area contributed by atoms with Crippen molar-refractivity contribution in [1.29, 1.82) is 0 Å². The van der Waals surface area contributed by atoms with E-state index in [-0.39, 0.29) is 30.4 Å². The molecule has 1 rings (SSSR count). The number of benzene rings is 1. The summed E-state index contributed by atoms with van der Waals surface area (Å²) in [6.07, 6.45) is 0. The largest absolute Gasteiger partial charge is 0.396 e. The number of aliphatic hydroxyl groups is 1. The van der Waals surface area contributed by atoms with Gasteiger partial charge >= 0.3 is 0 Å². The molecule has 2 amide bonds. The lowest BCUT2D eigenvalue weighted by Crippen LogP contribution is -2.41. The summed E-state index contributed by atoms with van der Waals surface area (Å²) in [6, 6.07) is 6.87. The SMILES string of the molecule is CC(C)(CO)CNC(=O)CNC(=O)c1ccc(Br)cc1. The van der Waals surface area contributed by atoms with Crippen LogP contribution in [0.1, 0.15) is 24.2 Å². The Hall–Kier alpha value is -1.40. The van der Waals surface area contributed by atoms with E-state index < -0.39 is 0 Å². The molecule has 1 aromatic carbocycles. The Kier molecular flexibility index (Phi) is 6.16. The van der Waals surface area contributed by atoms with Crippen molar-refractivity contribution >= 4 is 27.7 Å². The summed E-state index contributed by atoms with van der Waals surface area (Å²) in [5.41, 5.74) is 0.127. The number of carbonyl (C=O) groups excluding carboxylic acids is 2. The van der Waals surface area contributed by atoms with Gasteiger partial charge in [-0.05, 0) is 24.3 Å². The Labute approximate surface area is 126 Å². The normalized spacial score (nSPS) is 11.0. The van der Waals surface area contributed by atoms with Gasteiger partial charge in [0.15, 0.2) is 0 Å². The van der Waals surface area contributed by atoms with Crippen LogP contribution in [0.3, 0.4) is 0 Å². The van der Waals surface area contributed by atoms with Crippen molar-refractivity contribution < 1.29 is 14.7 Å². The highest BCUT2D eigenvalue weighted by molar-refractivity contribution is 9.10. The van der Waals surface area contributed by atoms with Gasteiger partial charge in [0, 0.05) is 28.6 Å². The van der Waals surface area contributed by atoms with E-state index in [0.717, 1.165) is 4.47 Å². The first-order valence-electron chi connectivity index (χ1n) is 6.25. The maximum Gasteiger partial charge on any atom is 0.251 e. The molecule has 0 aliphatic rings. The van der Waals surface area contributed by atoms with E-state index in [1.54, 1.807) is 24.3 Å². The number of hydrogen-bond acceptors (Lipinski definition) is 3. The minimum atomic E-state index is -0.370. The molecular formula is C14H19BrN2O3. The smallest absolute Gasteiger partial charge is 0.251 e. The summed E-state index contributed by atoms with van der Waals surface area (Å²) in [5, 5.41) is 14.3. The molecule has 0 fully saturated rings. The van der Waals surface area contributed by atoms with Gasteiger partial charge in [-0.15, -0.1) is 0 Å². The van der Waals surface area contributed by atoms with Gasteiger partial charge in [-0.1, -0.05) is 29.8 Å². The summed E-state index contributed by atoms with van der Waals surface area (Å²) >= 11 is 3.29. The zero-order valence-corrected chi connectivity index (χ0v) is 13.2. The van der Waals surface area contributed by atoms with Crippen molar-refractivity contribution in [3.05, 3.63) is 34.3 Å². The third-order valence-electron chi connectivity index (χ3n) is 2.71. The summed E-state index contributed by atoms with van der Waals surface area (Å²) in [7, 11) is 0. The number of carbonyl (C=O) groups is 2. The Balaban J connectivity index is 2.37. The molecule has 3 N–H and O–H groups in total. The summed E-state index contributed by atoms with van der Waals surface area (Å²) in [4.78, 5) is 23.4. The number of nitrogens with one attached hydrogen (secondary N) is 2. The van der Waals surface area contributed by atoms with Gasteiger partial charge in [-0.2, -0.15) is 0 Å². The number of hydrogen-bond donors (Lipinski definition) is 3. The number of rotatable bonds is 6. The predicted octanol–water partition coefficient (Wildman–Crippen LogP) is 1.31. The first-order valence-corrected chi connectivity index (χ1v) is 7.05. The van der Waals surface area contributed by atoms with E-state index in [0.29, 0.717) is 12.1 Å². The average molecular weight is 343 g/mol. The number of amides is 2. The Bertz CT molecular complexity index is 472. The van der Waals surface area contributed by atoms with Crippen LogP contribution in [0.5, 0.6) is 0 Å². The molecular weight excluding hydrogens is 324 g/mol. The van der Waals surface area contributed by atoms with E-state index in [4.69, 9.17) is 5.11 Å². The predicted molar refractivity (Wildman–Crippen MR) is 80.4 cm³/mol. The molecule has 0 aliphatic heterocycles. The highest BCUT2D eigenvalue weighted by Crippen LogP contribution is 2.11. The van der Waals surface area contributed by atoms with Gasteiger partial charge in [-0.3, -0.25) is 9.59 Å². The average Bonchev–Trinajstić information content (AvgIpc) is 2.43. The van der Waals surface area contributed by atoms with Crippen molar-refractivity contribution in [3.8, 4) is 0 Å². The molecule has 1 aromatic rings. The van der Waals surface area contributed by atoms with Crippen LogP contribution >= 0.6 is 15.9 Å². The molecule has 110 valence electrons. The molecule has 0 heterocycles. The number of halogens is 1. The van der Waals surface area contributed by atoms with Crippen molar-refractivity contribution in [3.63, 3.8) is 0 Å². The van der Waals surface area contributed by atoms with E-state index in [2.05, 4.69) is 26.6 Å². The molecule has 0 saturated carbocycles. The van der Waals surface area contributed by atoms with E-state index in [1.807, 2.05) is 13.8 Å². The second kappa shape index (κ2) is 7.40. The molecule has 0 unspecified atom stereocenters. The Morgan fingerprint density at radius 2 is 1.80 bits per heavy atom. The molecule has 0 atom stereocenters. The van der Waals surface area contributed by atoms with E-state index in [9.17, 15) is 9.59 Å². The quantitative estimate of drug-likeness (QED) is 0.729. The van der Waals surface area contributed by atoms with Crippen molar-refractivity contribution in [2.24, 2.45) is 5.41 Å². The molecule has 0 radical (unpaired) electrons. The first kappa shape index (κ1) is 16.7. The zero-order chi connectivity index (χ0) is 15.2. The van der Waals surface area contributed by atoms with Crippen LogP contribution in [0.2, 0.25) is 0 Å². The minimum absolute atomic E-state index is 0.0153. The topological polar surface area (TPSA) is 78.4 Å². The molecule has 0 aromatic heterocycles. The second-order valence-corrected chi connectivity index (χ2v) is 6.20. The molecule has 0 saturated heterocycles. The Morgan fingerprint density at radius 1 is 1.20 bits per heavy atom. The molecule has 0 bridgehead atoms. The van der Waals surface area contributed by atoms with E-state index >= 15 is 0 Å². The van der Waals surface area contributed by atoms with Crippen LogP contribution in [0.15, 0.2) is 28.7 Å². The van der Waals surface area contributed by atoms with Crippen LogP contribution in [-0.4, -0.2) is 36.6 Å². The molecule has 0 spiro atoms. The highest BCUT2D eigenvalue weighted by Gasteiger charge is 2.17. The lowest BCUT2D eigenvalue weighted by molar-refractivity contribution is -0.120. The second-order valence-electron chi connectivity index (χ2n) is 5.29. The molecule has 20 heavy (non-hydrogen) atoms. The van der Waals surface area contributed by atoms with Crippen LogP contribution in [0.25, 0.3) is 0 Å². The molecule has 0 aliphatic carbocycles. The van der Waals surface area contributed by atoms with Gasteiger partial charge in [0.2, 0.25) is 5.91 Å². The van der Waals surface area contributed by atoms with Gasteiger partial charge in [0.05, 0.1) is 6.54 Å². The van der Waals surface area contributed by atoms with Crippen molar-refractivity contribution in [2.45, 2.75) is 13.8 Å². The van der Waals surface area contributed by atoms with Gasteiger partial charge in [0.1, 0.15) is 0 Å². The fourth-order valence-corrected chi connectivity index (χ4v) is 1.58. The Morgan fingerprint density at radius 3 is 2.35 bits per heavy atom. The molecule has 6 heteroatoms. The van der Waals surface area contributed by atoms with Crippen LogP contribution < -0.4 is 10.6 Å². The fraction of sp³-hybridized carbons (Fsp3) is 0.429. The van der Waals surface area contributed by atoms with E-state index in [1.165, 1.54) is 0 Å². The monoisotopic (exact) mass is 342 g/mol. The highest BCUT2D eigenvalue weighted by atomic mass is 79.9. The van der Waals surface area contributed by atoms with Crippen molar-refractivity contribution in [2.75, 3.05) is 19.7 Å². The maximum atomic E-state index is 11.8.